The summed E-state index contributed by atoms with van der Waals surface area (Å²) < 4.78 is 5.23. The van der Waals surface area contributed by atoms with E-state index in [1.807, 2.05) is 36.4 Å². The second-order valence-corrected chi connectivity index (χ2v) is 5.50. The van der Waals surface area contributed by atoms with Gasteiger partial charge in [-0.3, -0.25) is 0 Å². The Bertz CT molecular complexity index is 876. The van der Waals surface area contributed by atoms with Gasteiger partial charge in [-0.2, -0.15) is 0 Å². The van der Waals surface area contributed by atoms with Gasteiger partial charge in [0.2, 0.25) is 0 Å². The molecule has 0 fully saturated rings. The number of benzene rings is 3. The van der Waals surface area contributed by atoms with Crippen LogP contribution in [0, 0.1) is 0 Å². The van der Waals surface area contributed by atoms with Gasteiger partial charge in [-0.25, -0.2) is 0 Å². The Morgan fingerprint density at radius 3 is 2.55 bits per heavy atom. The third-order valence-corrected chi connectivity index (χ3v) is 4.28. The molecule has 3 aromatic carbocycles. The highest BCUT2D eigenvalue weighted by Gasteiger charge is 2.18. The Morgan fingerprint density at radius 1 is 0.955 bits per heavy atom. The number of methoxy groups -OCH3 is 1. The summed E-state index contributed by atoms with van der Waals surface area (Å²) in [6.45, 7) is 0. The van der Waals surface area contributed by atoms with Crippen molar-refractivity contribution in [2.45, 2.75) is 6.10 Å². The molecule has 1 unspecified atom stereocenters. The van der Waals surface area contributed by atoms with E-state index in [0.29, 0.717) is 0 Å². The van der Waals surface area contributed by atoms with E-state index < -0.39 is 6.10 Å². The van der Waals surface area contributed by atoms with Gasteiger partial charge >= 0.3 is 0 Å². The quantitative estimate of drug-likeness (QED) is 0.748. The lowest BCUT2D eigenvalue weighted by molar-refractivity contribution is 0.230. The number of ether oxygens (including phenoxy) is 1. The van der Waals surface area contributed by atoms with Gasteiger partial charge in [0.25, 0.3) is 0 Å². The number of rotatable bonds is 2. The van der Waals surface area contributed by atoms with Gasteiger partial charge in [-0.1, -0.05) is 54.6 Å². The van der Waals surface area contributed by atoms with Gasteiger partial charge in [0.1, 0.15) is 5.75 Å². The smallest absolute Gasteiger partial charge is 0.118 e. The van der Waals surface area contributed by atoms with E-state index in [-0.39, 0.29) is 0 Å². The van der Waals surface area contributed by atoms with Crippen LogP contribution in [0.2, 0.25) is 0 Å². The molecule has 0 heterocycles. The van der Waals surface area contributed by atoms with Crippen LogP contribution in [0.15, 0.2) is 60.7 Å². The second-order valence-electron chi connectivity index (χ2n) is 5.50. The summed E-state index contributed by atoms with van der Waals surface area (Å²) in [5.74, 6) is 0.852. The van der Waals surface area contributed by atoms with Gasteiger partial charge < -0.3 is 9.84 Å². The van der Waals surface area contributed by atoms with Gasteiger partial charge in [0, 0.05) is 0 Å². The summed E-state index contributed by atoms with van der Waals surface area (Å²) in [5.41, 5.74) is 4.47. The molecule has 0 spiro atoms. The molecule has 0 radical (unpaired) electrons. The molecular formula is C20H16O2. The zero-order valence-corrected chi connectivity index (χ0v) is 12.3. The lowest BCUT2D eigenvalue weighted by atomic mass is 9.86. The highest BCUT2D eigenvalue weighted by atomic mass is 16.5. The Labute approximate surface area is 129 Å². The standard InChI is InChI=1S/C20H16O2/c1-22-15-8-5-13(6-9-15)16-10-7-14-3-2-4-18-19(21)12-11-17(16)20(14)18/h2-12,19,21H,1H3. The molecule has 108 valence electrons. The molecule has 3 aromatic rings. The molecule has 1 atom stereocenters. The van der Waals surface area contributed by atoms with Crippen molar-refractivity contribution in [3.8, 4) is 16.9 Å². The van der Waals surface area contributed by atoms with Crippen molar-refractivity contribution in [3.63, 3.8) is 0 Å². The van der Waals surface area contributed by atoms with E-state index in [0.717, 1.165) is 27.6 Å². The topological polar surface area (TPSA) is 29.5 Å². The van der Waals surface area contributed by atoms with E-state index in [1.54, 1.807) is 7.11 Å². The fraction of sp³-hybridized carbons (Fsp3) is 0.100. The summed E-state index contributed by atoms with van der Waals surface area (Å²) in [7, 11) is 1.67. The third-order valence-electron chi connectivity index (χ3n) is 4.28. The van der Waals surface area contributed by atoms with Crippen molar-refractivity contribution >= 4 is 16.8 Å². The largest absolute Gasteiger partial charge is 0.497 e. The summed E-state index contributed by atoms with van der Waals surface area (Å²) in [6.07, 6.45) is 3.35. The number of hydrogen-bond acceptors (Lipinski definition) is 2. The average Bonchev–Trinajstić information content (AvgIpc) is 2.58. The monoisotopic (exact) mass is 288 g/mol. The fourth-order valence-electron chi connectivity index (χ4n) is 3.17. The number of aliphatic hydroxyl groups excluding tert-OH is 1. The lowest BCUT2D eigenvalue weighted by Crippen LogP contribution is -2.01. The predicted octanol–water partition coefficient (Wildman–Crippen LogP) is 4.58. The molecule has 2 heteroatoms. The van der Waals surface area contributed by atoms with Crippen LogP contribution >= 0.6 is 0 Å². The summed E-state index contributed by atoms with van der Waals surface area (Å²) in [5, 5.41) is 12.5. The first-order valence-corrected chi connectivity index (χ1v) is 7.34. The zero-order chi connectivity index (χ0) is 15.1. The van der Waals surface area contributed by atoms with E-state index in [4.69, 9.17) is 4.74 Å². The average molecular weight is 288 g/mol. The molecular weight excluding hydrogens is 272 g/mol. The minimum atomic E-state index is -0.526. The minimum Gasteiger partial charge on any atom is -0.497 e. The number of hydrogen-bond donors (Lipinski definition) is 1. The van der Waals surface area contributed by atoms with Gasteiger partial charge in [-0.05, 0) is 45.2 Å². The first-order chi connectivity index (χ1) is 10.8. The second kappa shape index (κ2) is 5.00. The van der Waals surface area contributed by atoms with Gasteiger partial charge in [-0.15, -0.1) is 0 Å². The molecule has 1 aliphatic carbocycles. The summed E-state index contributed by atoms with van der Waals surface area (Å²) in [4.78, 5) is 0. The van der Waals surface area contributed by atoms with E-state index in [1.165, 1.54) is 11.1 Å². The van der Waals surface area contributed by atoms with Crippen molar-refractivity contribution in [2.75, 3.05) is 7.11 Å². The van der Waals surface area contributed by atoms with Crippen molar-refractivity contribution in [2.24, 2.45) is 0 Å². The van der Waals surface area contributed by atoms with Crippen LogP contribution in [0.1, 0.15) is 17.2 Å². The van der Waals surface area contributed by atoms with Gasteiger partial charge in [0.15, 0.2) is 0 Å². The molecule has 1 aliphatic rings. The van der Waals surface area contributed by atoms with Crippen molar-refractivity contribution < 1.29 is 9.84 Å². The van der Waals surface area contributed by atoms with Crippen LogP contribution in [-0.2, 0) is 0 Å². The van der Waals surface area contributed by atoms with Crippen LogP contribution in [-0.4, -0.2) is 12.2 Å². The van der Waals surface area contributed by atoms with Crippen molar-refractivity contribution in [1.82, 2.24) is 0 Å². The van der Waals surface area contributed by atoms with Crippen LogP contribution in [0.4, 0.5) is 0 Å². The normalized spacial score (nSPS) is 16.0. The summed E-state index contributed by atoms with van der Waals surface area (Å²) >= 11 is 0. The van der Waals surface area contributed by atoms with Crippen molar-refractivity contribution in [1.29, 1.82) is 0 Å². The van der Waals surface area contributed by atoms with Crippen LogP contribution in [0.25, 0.3) is 28.0 Å². The lowest BCUT2D eigenvalue weighted by Gasteiger charge is -2.20. The molecule has 0 saturated heterocycles. The minimum absolute atomic E-state index is 0.526. The maximum absolute atomic E-state index is 10.2. The van der Waals surface area contributed by atoms with Crippen LogP contribution in [0.3, 0.4) is 0 Å². The van der Waals surface area contributed by atoms with Crippen molar-refractivity contribution in [3.05, 3.63) is 71.8 Å². The Kier molecular flexibility index (Phi) is 2.98. The highest BCUT2D eigenvalue weighted by Crippen LogP contribution is 2.39. The maximum atomic E-state index is 10.2. The number of aliphatic hydroxyl groups is 1. The first kappa shape index (κ1) is 13.1. The molecule has 0 aliphatic heterocycles. The fourth-order valence-corrected chi connectivity index (χ4v) is 3.17. The highest BCUT2D eigenvalue weighted by molar-refractivity contribution is 6.01. The zero-order valence-electron chi connectivity index (χ0n) is 12.3. The Hall–Kier alpha value is -2.58. The molecule has 2 nitrogen and oxygen atoms in total. The maximum Gasteiger partial charge on any atom is 0.118 e. The van der Waals surface area contributed by atoms with Crippen LogP contribution in [0.5, 0.6) is 5.75 Å². The molecule has 1 N–H and O–H groups in total. The van der Waals surface area contributed by atoms with E-state index in [9.17, 15) is 5.11 Å². The molecule has 0 aromatic heterocycles. The SMILES string of the molecule is COc1ccc(-c2ccc3cccc4c3c2C=CC4O)cc1. The van der Waals surface area contributed by atoms with Crippen LogP contribution < -0.4 is 4.74 Å². The molecule has 4 rings (SSSR count). The molecule has 0 saturated carbocycles. The third kappa shape index (κ3) is 1.92. The van der Waals surface area contributed by atoms with Gasteiger partial charge in [0.05, 0.1) is 13.2 Å². The summed E-state index contributed by atoms with van der Waals surface area (Å²) in [6, 6.07) is 18.4. The Balaban J connectivity index is 1.98. The molecule has 22 heavy (non-hydrogen) atoms. The first-order valence-electron chi connectivity index (χ1n) is 7.34. The van der Waals surface area contributed by atoms with E-state index >= 15 is 0 Å². The molecule has 0 amide bonds. The molecule has 0 bridgehead atoms. The Morgan fingerprint density at radius 2 is 1.77 bits per heavy atom. The van der Waals surface area contributed by atoms with E-state index in [2.05, 4.69) is 30.3 Å². The predicted molar refractivity (Wildman–Crippen MR) is 89.9 cm³/mol.